The van der Waals surface area contributed by atoms with Crippen molar-refractivity contribution in [3.63, 3.8) is 0 Å². The van der Waals surface area contributed by atoms with Crippen molar-refractivity contribution in [1.82, 2.24) is 0 Å². The van der Waals surface area contributed by atoms with E-state index in [9.17, 15) is 21.8 Å². The molecule has 9 heteroatoms. The first-order valence-electron chi connectivity index (χ1n) is 5.99. The summed E-state index contributed by atoms with van der Waals surface area (Å²) < 4.78 is 62.9. The van der Waals surface area contributed by atoms with Crippen LogP contribution in [0.2, 0.25) is 0 Å². The average Bonchev–Trinajstić information content (AvgIpc) is 2.35. The third kappa shape index (κ3) is 3.72. The van der Waals surface area contributed by atoms with Gasteiger partial charge in [-0.2, -0.15) is 13.2 Å². The molecule has 0 spiro atoms. The number of nitrogens with zero attached hydrogens (tertiary/aromatic N) is 1. The SMILES string of the molecule is NC1=NC(c2cc(N)ccc2F)CS(=O)C1CC(F)(F)F. The first-order valence-corrected chi connectivity index (χ1v) is 7.37. The van der Waals surface area contributed by atoms with E-state index in [0.717, 1.165) is 6.07 Å². The van der Waals surface area contributed by atoms with Crippen molar-refractivity contribution in [3.05, 3.63) is 29.6 Å². The van der Waals surface area contributed by atoms with Crippen LogP contribution in [0.25, 0.3) is 0 Å². The number of halogens is 4. The van der Waals surface area contributed by atoms with Crippen molar-refractivity contribution >= 4 is 22.3 Å². The summed E-state index contributed by atoms with van der Waals surface area (Å²) in [7, 11) is -1.88. The summed E-state index contributed by atoms with van der Waals surface area (Å²) in [6.45, 7) is 0. The summed E-state index contributed by atoms with van der Waals surface area (Å²) >= 11 is 0. The van der Waals surface area contributed by atoms with E-state index in [0.29, 0.717) is 0 Å². The Morgan fingerprint density at radius 1 is 1.33 bits per heavy atom. The molecule has 0 aliphatic carbocycles. The van der Waals surface area contributed by atoms with Crippen LogP contribution >= 0.6 is 0 Å². The first kappa shape index (κ1) is 15.7. The van der Waals surface area contributed by atoms with Crippen molar-refractivity contribution < 1.29 is 21.8 Å². The minimum Gasteiger partial charge on any atom is -0.399 e. The third-order valence-electron chi connectivity index (χ3n) is 3.07. The van der Waals surface area contributed by atoms with Crippen LogP contribution < -0.4 is 11.5 Å². The molecule has 0 saturated carbocycles. The molecule has 4 nitrogen and oxygen atoms in total. The first-order chi connectivity index (χ1) is 9.67. The summed E-state index contributed by atoms with van der Waals surface area (Å²) in [5.41, 5.74) is 11.4. The maximum Gasteiger partial charge on any atom is 0.390 e. The number of alkyl halides is 3. The summed E-state index contributed by atoms with van der Waals surface area (Å²) in [5, 5.41) is -1.38. The Labute approximate surface area is 120 Å². The van der Waals surface area contributed by atoms with Crippen molar-refractivity contribution in [2.45, 2.75) is 23.9 Å². The van der Waals surface area contributed by atoms with E-state index < -0.39 is 40.5 Å². The molecule has 4 N–H and O–H groups in total. The number of hydrogen-bond donors (Lipinski definition) is 2. The molecule has 0 aromatic heterocycles. The standard InChI is InChI=1S/C12H13F4N3OS/c13-8-2-1-6(17)3-7(8)9-5-21(20)10(11(18)19-9)4-12(14,15)16/h1-3,9-10H,4-5,17H2,(H2,18,19). The van der Waals surface area contributed by atoms with Gasteiger partial charge in [-0.3, -0.25) is 9.20 Å². The molecule has 0 bridgehead atoms. The van der Waals surface area contributed by atoms with Crippen LogP contribution in [0.5, 0.6) is 0 Å². The maximum absolute atomic E-state index is 13.7. The van der Waals surface area contributed by atoms with E-state index in [1.54, 1.807) is 0 Å². The molecule has 0 saturated heterocycles. The topological polar surface area (TPSA) is 81.5 Å². The van der Waals surface area contributed by atoms with E-state index in [2.05, 4.69) is 4.99 Å². The van der Waals surface area contributed by atoms with Crippen LogP contribution in [0.4, 0.5) is 23.2 Å². The molecular formula is C12H13F4N3OS. The van der Waals surface area contributed by atoms with Gasteiger partial charge in [0.15, 0.2) is 0 Å². The van der Waals surface area contributed by atoms with Crippen LogP contribution in [-0.4, -0.2) is 27.2 Å². The normalized spacial score (nSPS) is 26.5. The van der Waals surface area contributed by atoms with Crippen LogP contribution in [-0.2, 0) is 10.8 Å². The Hall–Kier alpha value is -1.64. The molecule has 1 aromatic carbocycles. The predicted molar refractivity (Wildman–Crippen MR) is 72.6 cm³/mol. The van der Waals surface area contributed by atoms with Gasteiger partial charge in [-0.05, 0) is 18.2 Å². The van der Waals surface area contributed by atoms with Gasteiger partial charge in [0, 0.05) is 22.1 Å². The highest BCUT2D eigenvalue weighted by Crippen LogP contribution is 2.31. The molecular weight excluding hydrogens is 310 g/mol. The molecule has 1 heterocycles. The zero-order chi connectivity index (χ0) is 15.8. The minimum absolute atomic E-state index is 0.0803. The monoisotopic (exact) mass is 323 g/mol. The fraction of sp³-hybridized carbons (Fsp3) is 0.417. The second-order valence-corrected chi connectivity index (χ2v) is 6.37. The lowest BCUT2D eigenvalue weighted by molar-refractivity contribution is -0.132. The summed E-state index contributed by atoms with van der Waals surface area (Å²) in [4.78, 5) is 3.88. The second-order valence-electron chi connectivity index (χ2n) is 4.71. The van der Waals surface area contributed by atoms with Gasteiger partial charge < -0.3 is 11.5 Å². The Kier molecular flexibility index (Phi) is 4.22. The molecule has 21 heavy (non-hydrogen) atoms. The number of aliphatic imine (C=N–C) groups is 1. The number of anilines is 1. The smallest absolute Gasteiger partial charge is 0.390 e. The van der Waals surface area contributed by atoms with Gasteiger partial charge >= 0.3 is 6.18 Å². The Bertz CT molecular complexity index is 603. The number of benzene rings is 1. The van der Waals surface area contributed by atoms with Crippen molar-refractivity contribution in [1.29, 1.82) is 0 Å². The van der Waals surface area contributed by atoms with Gasteiger partial charge in [-0.1, -0.05) is 0 Å². The van der Waals surface area contributed by atoms with E-state index in [-0.39, 0.29) is 22.8 Å². The van der Waals surface area contributed by atoms with Gasteiger partial charge in [0.2, 0.25) is 0 Å². The van der Waals surface area contributed by atoms with E-state index in [4.69, 9.17) is 11.5 Å². The maximum atomic E-state index is 13.7. The zero-order valence-corrected chi connectivity index (χ0v) is 11.5. The zero-order valence-electron chi connectivity index (χ0n) is 10.7. The number of hydrogen-bond acceptors (Lipinski definition) is 4. The highest BCUT2D eigenvalue weighted by Gasteiger charge is 2.40. The van der Waals surface area contributed by atoms with Gasteiger partial charge in [0.1, 0.15) is 16.9 Å². The number of nitrogen functional groups attached to an aromatic ring is 1. The van der Waals surface area contributed by atoms with Gasteiger partial charge in [-0.25, -0.2) is 4.39 Å². The van der Waals surface area contributed by atoms with E-state index >= 15 is 0 Å². The van der Waals surface area contributed by atoms with Gasteiger partial charge in [-0.15, -0.1) is 0 Å². The highest BCUT2D eigenvalue weighted by atomic mass is 32.2. The molecule has 3 atom stereocenters. The molecule has 1 aromatic rings. The average molecular weight is 323 g/mol. The van der Waals surface area contributed by atoms with Crippen molar-refractivity contribution in [2.24, 2.45) is 10.7 Å². The molecule has 116 valence electrons. The number of rotatable bonds is 2. The molecule has 0 radical (unpaired) electrons. The lowest BCUT2D eigenvalue weighted by Crippen LogP contribution is -2.42. The Morgan fingerprint density at radius 2 is 2.00 bits per heavy atom. The van der Waals surface area contributed by atoms with Crippen LogP contribution in [0.1, 0.15) is 18.0 Å². The summed E-state index contributed by atoms with van der Waals surface area (Å²) in [6, 6.07) is 2.90. The molecule has 1 aliphatic rings. The molecule has 2 rings (SSSR count). The Balaban J connectivity index is 2.30. The minimum atomic E-state index is -4.49. The molecule has 1 aliphatic heterocycles. The predicted octanol–water partition coefficient (Wildman–Crippen LogP) is 1.89. The summed E-state index contributed by atoms with van der Waals surface area (Å²) in [5.74, 6) is -1.21. The van der Waals surface area contributed by atoms with Crippen LogP contribution in [0, 0.1) is 5.82 Å². The molecule has 0 amide bonds. The van der Waals surface area contributed by atoms with Gasteiger partial charge in [0.05, 0.1) is 18.2 Å². The lowest BCUT2D eigenvalue weighted by atomic mass is 10.1. The van der Waals surface area contributed by atoms with E-state index in [1.165, 1.54) is 12.1 Å². The fourth-order valence-electron chi connectivity index (χ4n) is 2.09. The Morgan fingerprint density at radius 3 is 2.57 bits per heavy atom. The van der Waals surface area contributed by atoms with Crippen molar-refractivity contribution in [3.8, 4) is 0 Å². The number of nitrogens with two attached hydrogens (primary N) is 2. The lowest BCUT2D eigenvalue weighted by Gasteiger charge is -2.26. The fourth-order valence-corrected chi connectivity index (χ4v) is 3.59. The largest absolute Gasteiger partial charge is 0.399 e. The van der Waals surface area contributed by atoms with Crippen LogP contribution in [0.15, 0.2) is 23.2 Å². The van der Waals surface area contributed by atoms with Crippen LogP contribution in [0.3, 0.4) is 0 Å². The third-order valence-corrected chi connectivity index (χ3v) is 4.76. The van der Waals surface area contributed by atoms with Gasteiger partial charge in [0.25, 0.3) is 0 Å². The second kappa shape index (κ2) is 5.63. The van der Waals surface area contributed by atoms with Crippen molar-refractivity contribution in [2.75, 3.05) is 11.5 Å². The quantitative estimate of drug-likeness (QED) is 0.644. The highest BCUT2D eigenvalue weighted by molar-refractivity contribution is 7.86. The van der Waals surface area contributed by atoms with E-state index in [1.807, 2.05) is 0 Å². The molecule has 0 fully saturated rings. The summed E-state index contributed by atoms with van der Waals surface area (Å²) in [6.07, 6.45) is -5.79. The molecule has 3 unspecified atom stereocenters. The number of amidine groups is 1.